The van der Waals surface area contributed by atoms with Gasteiger partial charge in [0, 0.05) is 28.2 Å². The summed E-state index contributed by atoms with van der Waals surface area (Å²) in [6.45, 7) is 1.89. The number of aromatic nitrogens is 1. The van der Waals surface area contributed by atoms with Crippen molar-refractivity contribution in [2.24, 2.45) is 0 Å². The molecule has 2 aromatic carbocycles. The topological polar surface area (TPSA) is 51.2 Å². The first-order valence-electron chi connectivity index (χ1n) is 12.0. The molecule has 35 heavy (non-hydrogen) atoms. The minimum atomic E-state index is -0.978. The molecule has 1 aromatic heterocycles. The van der Waals surface area contributed by atoms with E-state index in [-0.39, 0.29) is 11.8 Å². The van der Waals surface area contributed by atoms with Crippen LogP contribution in [0.3, 0.4) is 0 Å². The number of amides is 1. The quantitative estimate of drug-likeness (QED) is 0.347. The molecule has 0 spiro atoms. The second kappa shape index (κ2) is 11.4. The van der Waals surface area contributed by atoms with E-state index >= 15 is 0 Å². The van der Waals surface area contributed by atoms with Crippen LogP contribution in [0.25, 0.3) is 0 Å². The number of hydrogen-bond acceptors (Lipinski definition) is 3. The van der Waals surface area contributed by atoms with E-state index in [1.165, 1.54) is 6.07 Å². The molecule has 0 radical (unpaired) electrons. The number of pyridine rings is 1. The van der Waals surface area contributed by atoms with Gasteiger partial charge in [-0.15, -0.1) is 0 Å². The van der Waals surface area contributed by atoms with Crippen molar-refractivity contribution in [1.82, 2.24) is 10.3 Å². The summed E-state index contributed by atoms with van der Waals surface area (Å²) in [4.78, 5) is 18.1. The van der Waals surface area contributed by atoms with Crippen LogP contribution in [0.4, 0.5) is 4.39 Å². The first kappa shape index (κ1) is 25.5. The maximum Gasteiger partial charge on any atom is 0.264 e. The number of rotatable bonds is 8. The fourth-order valence-electron chi connectivity index (χ4n) is 4.72. The summed E-state index contributed by atoms with van der Waals surface area (Å²) < 4.78 is 21.1. The van der Waals surface area contributed by atoms with Crippen LogP contribution in [-0.4, -0.2) is 22.5 Å². The van der Waals surface area contributed by atoms with Gasteiger partial charge in [-0.1, -0.05) is 41.8 Å². The Morgan fingerprint density at radius 2 is 1.66 bits per heavy atom. The third-order valence-electron chi connectivity index (χ3n) is 6.67. The summed E-state index contributed by atoms with van der Waals surface area (Å²) in [7, 11) is 0. The SMILES string of the molecule is CC(NC(=O)C1(Oc2ccc(Cl)cc2)CCCCC1)C(Cc1ccc(Cl)cc1)c1ncccc1F. The number of benzene rings is 2. The number of ether oxygens (including phenoxy) is 1. The van der Waals surface area contributed by atoms with E-state index in [0.717, 1.165) is 24.8 Å². The average molecular weight is 515 g/mol. The van der Waals surface area contributed by atoms with Crippen molar-refractivity contribution in [2.45, 2.75) is 63.0 Å². The first-order chi connectivity index (χ1) is 16.9. The highest BCUT2D eigenvalue weighted by Gasteiger charge is 2.43. The zero-order valence-corrected chi connectivity index (χ0v) is 21.2. The molecule has 4 rings (SSSR count). The van der Waals surface area contributed by atoms with E-state index in [9.17, 15) is 9.18 Å². The van der Waals surface area contributed by atoms with Crippen LogP contribution in [0.1, 0.15) is 56.2 Å². The molecule has 184 valence electrons. The van der Waals surface area contributed by atoms with Crippen molar-refractivity contribution in [1.29, 1.82) is 0 Å². The van der Waals surface area contributed by atoms with Gasteiger partial charge in [-0.2, -0.15) is 0 Å². The molecule has 1 saturated carbocycles. The first-order valence-corrected chi connectivity index (χ1v) is 12.7. The molecule has 0 bridgehead atoms. The maximum atomic E-state index is 14.8. The third-order valence-corrected chi connectivity index (χ3v) is 7.18. The van der Waals surface area contributed by atoms with Gasteiger partial charge in [-0.05, 0) is 93.1 Å². The summed E-state index contributed by atoms with van der Waals surface area (Å²) in [6.07, 6.45) is 6.18. The Morgan fingerprint density at radius 3 is 2.29 bits per heavy atom. The maximum absolute atomic E-state index is 14.8. The number of nitrogens with zero attached hydrogens (tertiary/aromatic N) is 1. The second-order valence-electron chi connectivity index (χ2n) is 9.18. The van der Waals surface area contributed by atoms with E-state index in [4.69, 9.17) is 27.9 Å². The van der Waals surface area contributed by atoms with Crippen LogP contribution in [-0.2, 0) is 11.2 Å². The molecule has 4 nitrogen and oxygen atoms in total. The summed E-state index contributed by atoms with van der Waals surface area (Å²) in [6, 6.07) is 17.1. The van der Waals surface area contributed by atoms with Gasteiger partial charge in [0.1, 0.15) is 11.6 Å². The largest absolute Gasteiger partial charge is 0.477 e. The van der Waals surface area contributed by atoms with E-state index in [1.807, 2.05) is 31.2 Å². The Balaban J connectivity index is 1.58. The average Bonchev–Trinajstić information content (AvgIpc) is 2.86. The second-order valence-corrected chi connectivity index (χ2v) is 10.1. The molecule has 1 heterocycles. The Morgan fingerprint density at radius 1 is 1.03 bits per heavy atom. The molecule has 7 heteroatoms. The lowest BCUT2D eigenvalue weighted by molar-refractivity contribution is -0.140. The fraction of sp³-hybridized carbons (Fsp3) is 0.357. The highest BCUT2D eigenvalue weighted by molar-refractivity contribution is 6.30. The zero-order valence-electron chi connectivity index (χ0n) is 19.6. The van der Waals surface area contributed by atoms with Crippen LogP contribution in [0.15, 0.2) is 66.9 Å². The normalized spacial score (nSPS) is 16.8. The van der Waals surface area contributed by atoms with Crippen LogP contribution >= 0.6 is 23.2 Å². The number of carbonyl (C=O) groups is 1. The lowest BCUT2D eigenvalue weighted by Gasteiger charge is -2.38. The predicted molar refractivity (Wildman–Crippen MR) is 138 cm³/mol. The monoisotopic (exact) mass is 514 g/mol. The fourth-order valence-corrected chi connectivity index (χ4v) is 4.97. The smallest absolute Gasteiger partial charge is 0.264 e. The van der Waals surface area contributed by atoms with Gasteiger partial charge >= 0.3 is 0 Å². The lowest BCUT2D eigenvalue weighted by Crippen LogP contribution is -2.55. The van der Waals surface area contributed by atoms with Gasteiger partial charge in [-0.3, -0.25) is 9.78 Å². The van der Waals surface area contributed by atoms with Crippen LogP contribution in [0, 0.1) is 5.82 Å². The summed E-state index contributed by atoms with van der Waals surface area (Å²) >= 11 is 12.1. The molecule has 1 aliphatic carbocycles. The number of hydrogen-bond donors (Lipinski definition) is 1. The van der Waals surface area contributed by atoms with Gasteiger partial charge in [0.15, 0.2) is 5.60 Å². The Hall–Kier alpha value is -2.63. The number of halogens is 3. The minimum Gasteiger partial charge on any atom is -0.477 e. The standard InChI is InChI=1S/C28H29Cl2FN2O2/c1-19(24(26-25(31)6-5-17-32-26)18-20-7-9-21(29)10-8-20)33-27(34)28(15-3-2-4-16-28)35-23-13-11-22(30)12-14-23/h5-14,17,19,24H,2-4,15-16,18H2,1H3,(H,33,34). The molecule has 0 saturated heterocycles. The molecule has 1 fully saturated rings. The zero-order chi connectivity index (χ0) is 24.8. The van der Waals surface area contributed by atoms with E-state index in [2.05, 4.69) is 10.3 Å². The highest BCUT2D eigenvalue weighted by Crippen LogP contribution is 2.35. The van der Waals surface area contributed by atoms with Gasteiger partial charge < -0.3 is 10.1 Å². The Bertz CT molecular complexity index is 1130. The molecule has 1 N–H and O–H groups in total. The number of carbonyl (C=O) groups excluding carboxylic acids is 1. The van der Waals surface area contributed by atoms with Crippen molar-refractivity contribution in [3.63, 3.8) is 0 Å². The van der Waals surface area contributed by atoms with E-state index in [1.54, 1.807) is 36.5 Å². The molecule has 2 unspecified atom stereocenters. The molecular weight excluding hydrogens is 486 g/mol. The minimum absolute atomic E-state index is 0.183. The van der Waals surface area contributed by atoms with Gasteiger partial charge in [0.05, 0.1) is 5.69 Å². The van der Waals surface area contributed by atoms with Crippen molar-refractivity contribution in [2.75, 3.05) is 0 Å². The number of nitrogens with one attached hydrogen (secondary N) is 1. The molecule has 3 aromatic rings. The molecule has 1 amide bonds. The van der Waals surface area contributed by atoms with Crippen molar-refractivity contribution in [3.8, 4) is 5.75 Å². The van der Waals surface area contributed by atoms with Gasteiger partial charge in [-0.25, -0.2) is 4.39 Å². The van der Waals surface area contributed by atoms with Gasteiger partial charge in [0.2, 0.25) is 0 Å². The summed E-state index contributed by atoms with van der Waals surface area (Å²) in [5, 5.41) is 4.40. The van der Waals surface area contributed by atoms with Crippen LogP contribution in [0.2, 0.25) is 10.0 Å². The molecular formula is C28H29Cl2FN2O2. The third kappa shape index (κ3) is 6.33. The molecule has 1 aliphatic rings. The summed E-state index contributed by atoms with van der Waals surface area (Å²) in [5.41, 5.74) is 0.329. The van der Waals surface area contributed by atoms with Crippen LogP contribution < -0.4 is 10.1 Å². The van der Waals surface area contributed by atoms with E-state index in [0.29, 0.717) is 40.8 Å². The molecule has 0 aliphatic heterocycles. The lowest BCUT2D eigenvalue weighted by atomic mass is 9.82. The van der Waals surface area contributed by atoms with Crippen LogP contribution in [0.5, 0.6) is 5.75 Å². The molecule has 2 atom stereocenters. The van der Waals surface area contributed by atoms with E-state index < -0.39 is 17.5 Å². The van der Waals surface area contributed by atoms with Crippen molar-refractivity contribution >= 4 is 29.1 Å². The Kier molecular flexibility index (Phi) is 8.30. The predicted octanol–water partition coefficient (Wildman–Crippen LogP) is 7.14. The van der Waals surface area contributed by atoms with Crippen molar-refractivity contribution in [3.05, 3.63) is 94.0 Å². The highest BCUT2D eigenvalue weighted by atomic mass is 35.5. The summed E-state index contributed by atoms with van der Waals surface area (Å²) in [5.74, 6) is -0.348. The van der Waals surface area contributed by atoms with Gasteiger partial charge in [0.25, 0.3) is 5.91 Å². The van der Waals surface area contributed by atoms with Crippen molar-refractivity contribution < 1.29 is 13.9 Å². The Labute approximate surface area is 215 Å².